The lowest BCUT2D eigenvalue weighted by atomic mass is 10.0. The standard InChI is InChI=1S/C25H24N4O2.H4N2/c1-29(2)20-11-5-19(6-12-20)25-26-23(17-7-13-21(30-3)14-8-17)24(27-28-25)18-9-15-22(31-4)16-10-18;1-2/h5-16H,1-4H3;1-2H2. The van der Waals surface area contributed by atoms with Gasteiger partial charge >= 0.3 is 0 Å². The van der Waals surface area contributed by atoms with E-state index in [1.807, 2.05) is 86.9 Å². The first-order valence-corrected chi connectivity index (χ1v) is 10.2. The van der Waals surface area contributed by atoms with Gasteiger partial charge in [-0.25, -0.2) is 4.98 Å². The summed E-state index contributed by atoms with van der Waals surface area (Å²) in [5.74, 6) is 10.2. The quantitative estimate of drug-likeness (QED) is 0.341. The van der Waals surface area contributed by atoms with Crippen LogP contribution in [0.1, 0.15) is 0 Å². The minimum absolute atomic E-state index is 0.577. The van der Waals surface area contributed by atoms with Gasteiger partial charge in [-0.1, -0.05) is 0 Å². The fourth-order valence-electron chi connectivity index (χ4n) is 3.25. The van der Waals surface area contributed by atoms with Crippen molar-refractivity contribution in [2.24, 2.45) is 11.7 Å². The summed E-state index contributed by atoms with van der Waals surface area (Å²) in [5, 5.41) is 8.99. The van der Waals surface area contributed by atoms with Crippen molar-refractivity contribution < 1.29 is 9.47 Å². The molecule has 0 saturated heterocycles. The van der Waals surface area contributed by atoms with Gasteiger partial charge in [-0.2, -0.15) is 0 Å². The van der Waals surface area contributed by atoms with Gasteiger partial charge in [-0.05, 0) is 72.8 Å². The summed E-state index contributed by atoms with van der Waals surface area (Å²) >= 11 is 0. The third-order valence-corrected chi connectivity index (χ3v) is 5.06. The lowest BCUT2D eigenvalue weighted by Crippen LogP contribution is -2.08. The summed E-state index contributed by atoms with van der Waals surface area (Å²) in [7, 11) is 7.33. The van der Waals surface area contributed by atoms with E-state index in [0.29, 0.717) is 11.5 Å². The SMILES string of the molecule is COc1ccc(-c2nnc(-c3ccc(N(C)C)cc3)nc2-c2ccc(OC)cc2)cc1.NN. The normalized spacial score (nSPS) is 10.1. The Kier molecular flexibility index (Phi) is 7.91. The molecule has 0 radical (unpaired) electrons. The number of anilines is 1. The zero-order chi connectivity index (χ0) is 23.8. The van der Waals surface area contributed by atoms with Crippen LogP contribution < -0.4 is 26.1 Å². The van der Waals surface area contributed by atoms with Crippen LogP contribution in [0.3, 0.4) is 0 Å². The summed E-state index contributed by atoms with van der Waals surface area (Å²) in [6.07, 6.45) is 0. The molecule has 0 bridgehead atoms. The number of rotatable bonds is 6. The molecule has 0 saturated carbocycles. The van der Waals surface area contributed by atoms with Gasteiger partial charge in [-0.3, -0.25) is 11.7 Å². The third kappa shape index (κ3) is 5.43. The molecule has 0 unspecified atom stereocenters. The van der Waals surface area contributed by atoms with E-state index in [0.717, 1.165) is 39.6 Å². The van der Waals surface area contributed by atoms with Crippen molar-refractivity contribution >= 4 is 5.69 Å². The fourth-order valence-corrected chi connectivity index (χ4v) is 3.25. The summed E-state index contributed by atoms with van der Waals surface area (Å²) in [6.45, 7) is 0. The molecule has 0 spiro atoms. The Morgan fingerprint density at radius 3 is 1.52 bits per heavy atom. The van der Waals surface area contributed by atoms with E-state index < -0.39 is 0 Å². The smallest absolute Gasteiger partial charge is 0.182 e. The highest BCUT2D eigenvalue weighted by Gasteiger charge is 2.15. The van der Waals surface area contributed by atoms with Gasteiger partial charge in [-0.15, -0.1) is 10.2 Å². The van der Waals surface area contributed by atoms with E-state index >= 15 is 0 Å². The summed E-state index contributed by atoms with van der Waals surface area (Å²) in [5.41, 5.74) is 5.35. The van der Waals surface area contributed by atoms with Crippen LogP contribution in [-0.4, -0.2) is 43.5 Å². The van der Waals surface area contributed by atoms with Crippen LogP contribution in [0.2, 0.25) is 0 Å². The lowest BCUT2D eigenvalue weighted by Gasteiger charge is -2.13. The molecule has 0 atom stereocenters. The van der Waals surface area contributed by atoms with Gasteiger partial charge in [0, 0.05) is 36.5 Å². The average Bonchev–Trinajstić information content (AvgIpc) is 2.89. The van der Waals surface area contributed by atoms with Crippen LogP contribution >= 0.6 is 0 Å². The second-order valence-corrected chi connectivity index (χ2v) is 7.23. The Bertz CT molecular complexity index is 1160. The molecular weight excluding hydrogens is 416 g/mol. The predicted molar refractivity (Wildman–Crippen MR) is 132 cm³/mol. The number of hydrogen-bond acceptors (Lipinski definition) is 8. The van der Waals surface area contributed by atoms with Gasteiger partial charge in [0.2, 0.25) is 0 Å². The molecule has 0 aliphatic carbocycles. The zero-order valence-electron chi connectivity index (χ0n) is 19.2. The number of aromatic nitrogens is 3. The number of benzene rings is 3. The topological polar surface area (TPSA) is 112 Å². The minimum atomic E-state index is 0.577. The zero-order valence-corrected chi connectivity index (χ0v) is 19.2. The molecule has 33 heavy (non-hydrogen) atoms. The van der Waals surface area contributed by atoms with E-state index in [4.69, 9.17) is 14.5 Å². The first-order chi connectivity index (χ1) is 16.1. The molecule has 8 nitrogen and oxygen atoms in total. The lowest BCUT2D eigenvalue weighted by molar-refractivity contribution is 0.414. The van der Waals surface area contributed by atoms with E-state index in [1.165, 1.54) is 0 Å². The molecular formula is C25H28N6O2. The Labute approximate surface area is 193 Å². The number of hydrogen-bond donors (Lipinski definition) is 2. The molecule has 4 aromatic rings. The van der Waals surface area contributed by atoms with E-state index in [2.05, 4.69) is 26.8 Å². The first kappa shape index (κ1) is 23.6. The second-order valence-electron chi connectivity index (χ2n) is 7.23. The van der Waals surface area contributed by atoms with Gasteiger partial charge in [0.15, 0.2) is 5.82 Å². The number of ether oxygens (including phenoxy) is 2. The predicted octanol–water partition coefficient (Wildman–Crippen LogP) is 3.77. The summed E-state index contributed by atoms with van der Waals surface area (Å²) in [6, 6.07) is 23.6. The van der Waals surface area contributed by atoms with Crippen LogP contribution in [0.15, 0.2) is 72.8 Å². The van der Waals surface area contributed by atoms with Crippen molar-refractivity contribution in [3.05, 3.63) is 72.8 Å². The molecule has 8 heteroatoms. The van der Waals surface area contributed by atoms with Crippen molar-refractivity contribution in [1.82, 2.24) is 15.2 Å². The largest absolute Gasteiger partial charge is 0.497 e. The summed E-state index contributed by atoms with van der Waals surface area (Å²) < 4.78 is 10.6. The molecule has 170 valence electrons. The second kappa shape index (κ2) is 11.0. The number of nitrogens with zero attached hydrogens (tertiary/aromatic N) is 4. The van der Waals surface area contributed by atoms with Crippen LogP contribution in [0, 0.1) is 0 Å². The average molecular weight is 445 g/mol. The molecule has 0 aliphatic heterocycles. The Morgan fingerprint density at radius 2 is 1.06 bits per heavy atom. The van der Waals surface area contributed by atoms with Gasteiger partial charge < -0.3 is 14.4 Å². The van der Waals surface area contributed by atoms with Crippen LogP contribution in [0.25, 0.3) is 33.9 Å². The molecule has 1 aromatic heterocycles. The molecule has 4 N–H and O–H groups in total. The summed E-state index contributed by atoms with van der Waals surface area (Å²) in [4.78, 5) is 6.96. The minimum Gasteiger partial charge on any atom is -0.497 e. The number of nitrogens with two attached hydrogens (primary N) is 2. The first-order valence-electron chi connectivity index (χ1n) is 10.2. The van der Waals surface area contributed by atoms with Crippen molar-refractivity contribution in [3.63, 3.8) is 0 Å². The van der Waals surface area contributed by atoms with Gasteiger partial charge in [0.05, 0.1) is 14.2 Å². The molecule has 0 fully saturated rings. The number of hydrazine groups is 1. The van der Waals surface area contributed by atoms with E-state index in [9.17, 15) is 0 Å². The highest BCUT2D eigenvalue weighted by Crippen LogP contribution is 2.32. The maximum absolute atomic E-state index is 5.30. The van der Waals surface area contributed by atoms with Crippen molar-refractivity contribution in [3.8, 4) is 45.4 Å². The number of methoxy groups -OCH3 is 2. The van der Waals surface area contributed by atoms with Gasteiger partial charge in [0.25, 0.3) is 0 Å². The van der Waals surface area contributed by atoms with Gasteiger partial charge in [0.1, 0.15) is 22.9 Å². The van der Waals surface area contributed by atoms with E-state index in [-0.39, 0.29) is 0 Å². The van der Waals surface area contributed by atoms with Crippen molar-refractivity contribution in [2.75, 3.05) is 33.2 Å². The molecule has 0 amide bonds. The van der Waals surface area contributed by atoms with Crippen LogP contribution in [0.4, 0.5) is 5.69 Å². The molecule has 0 aliphatic rings. The maximum Gasteiger partial charge on any atom is 0.182 e. The fraction of sp³-hybridized carbons (Fsp3) is 0.160. The van der Waals surface area contributed by atoms with Crippen molar-refractivity contribution in [1.29, 1.82) is 0 Å². The Hall–Kier alpha value is -4.01. The monoisotopic (exact) mass is 444 g/mol. The Morgan fingerprint density at radius 1 is 0.606 bits per heavy atom. The van der Waals surface area contributed by atoms with Crippen LogP contribution in [0.5, 0.6) is 11.5 Å². The maximum atomic E-state index is 5.30. The third-order valence-electron chi connectivity index (χ3n) is 5.06. The van der Waals surface area contributed by atoms with E-state index in [1.54, 1.807) is 14.2 Å². The van der Waals surface area contributed by atoms with Crippen LogP contribution in [-0.2, 0) is 0 Å². The Balaban J connectivity index is 0.00000149. The highest BCUT2D eigenvalue weighted by molar-refractivity contribution is 5.79. The highest BCUT2D eigenvalue weighted by atomic mass is 16.5. The molecule has 3 aromatic carbocycles. The van der Waals surface area contributed by atoms with Crippen molar-refractivity contribution in [2.45, 2.75) is 0 Å². The molecule has 4 rings (SSSR count). The molecule has 1 heterocycles.